The van der Waals surface area contributed by atoms with Crippen molar-refractivity contribution in [2.75, 3.05) is 7.05 Å². The second-order valence-electron chi connectivity index (χ2n) is 9.91. The topological polar surface area (TPSA) is 41.8 Å². The molecule has 1 N–H and O–H groups in total. The fourth-order valence-corrected chi connectivity index (χ4v) is 5.57. The average molecular weight is 470 g/mol. The van der Waals surface area contributed by atoms with Crippen molar-refractivity contribution in [1.82, 2.24) is 0 Å². The van der Waals surface area contributed by atoms with Crippen LogP contribution < -0.4 is 4.74 Å². The van der Waals surface area contributed by atoms with Gasteiger partial charge < -0.3 is 9.84 Å². The van der Waals surface area contributed by atoms with Crippen molar-refractivity contribution in [3.05, 3.63) is 77.1 Å². The molecule has 3 heteroatoms. The van der Waals surface area contributed by atoms with Gasteiger partial charge in [0.25, 0.3) is 0 Å². The van der Waals surface area contributed by atoms with Crippen LogP contribution in [0, 0.1) is 5.92 Å². The zero-order valence-electron chi connectivity index (χ0n) is 21.7. The molecule has 184 valence electrons. The molecule has 1 aliphatic heterocycles. The smallest absolute Gasteiger partial charge is 0.134 e. The van der Waals surface area contributed by atoms with Crippen LogP contribution in [0.5, 0.6) is 11.5 Å². The Bertz CT molecular complexity index is 1170. The van der Waals surface area contributed by atoms with Gasteiger partial charge in [-0.1, -0.05) is 75.3 Å². The number of phenols is 1. The Morgan fingerprint density at radius 3 is 2.66 bits per heavy atom. The number of phenolic OH excluding ortho intramolecular Hbond substituents is 1. The first-order valence-electron chi connectivity index (χ1n) is 13.1. The molecule has 2 unspecified atom stereocenters. The summed E-state index contributed by atoms with van der Waals surface area (Å²) in [6.45, 7) is 10.8. The predicted octanol–water partition coefficient (Wildman–Crippen LogP) is 8.63. The summed E-state index contributed by atoms with van der Waals surface area (Å²) in [5.74, 6) is 2.31. The minimum absolute atomic E-state index is 0.113. The molecule has 2 aliphatic rings. The first-order chi connectivity index (χ1) is 17.0. The molecule has 0 aromatic heterocycles. The lowest BCUT2D eigenvalue weighted by Crippen LogP contribution is -2.25. The standard InChI is InChI=1S/C32H39NO2/c1-6-8-9-11-25-19-29-31(28-18-21(3)12-17-27(28)22(4)35-29)32(34)30(25)24-15-13-23(14-16-24)26(10-7-2)20-33-5/h10,13-16,18-20,27-28,34H,4,6-9,11-12,17H2,1-3,5H3/b26-10+,33-20?. The SMILES string of the molecule is C=C1Oc2cc(CCCCC)c(-c3ccc(/C(C=NC)=C/CC)cc3)c(O)c2C2C=C(C)CCC12. The van der Waals surface area contributed by atoms with E-state index in [-0.39, 0.29) is 11.8 Å². The molecule has 0 radical (unpaired) electrons. The van der Waals surface area contributed by atoms with Crippen LogP contribution in [0.4, 0.5) is 0 Å². The summed E-state index contributed by atoms with van der Waals surface area (Å²) in [5, 5.41) is 11.8. The average Bonchev–Trinajstić information content (AvgIpc) is 2.84. The van der Waals surface area contributed by atoms with Crippen molar-refractivity contribution >= 4 is 11.8 Å². The molecule has 0 amide bonds. The number of fused-ring (bicyclic) bond motifs is 3. The van der Waals surface area contributed by atoms with Crippen molar-refractivity contribution in [2.45, 2.75) is 71.6 Å². The summed E-state index contributed by atoms with van der Waals surface area (Å²) < 4.78 is 6.25. The number of nitrogens with zero attached hydrogens (tertiary/aromatic N) is 1. The maximum Gasteiger partial charge on any atom is 0.134 e. The van der Waals surface area contributed by atoms with Crippen LogP contribution in [0.25, 0.3) is 16.7 Å². The molecule has 1 aliphatic carbocycles. The number of benzene rings is 2. The van der Waals surface area contributed by atoms with E-state index in [9.17, 15) is 5.11 Å². The van der Waals surface area contributed by atoms with Crippen molar-refractivity contribution in [3.63, 3.8) is 0 Å². The largest absolute Gasteiger partial charge is 0.507 e. The van der Waals surface area contributed by atoms with Gasteiger partial charge in [-0.25, -0.2) is 0 Å². The van der Waals surface area contributed by atoms with E-state index in [1.54, 1.807) is 7.05 Å². The monoisotopic (exact) mass is 469 g/mol. The second-order valence-corrected chi connectivity index (χ2v) is 9.91. The minimum atomic E-state index is 0.113. The number of aromatic hydroxyl groups is 1. The van der Waals surface area contributed by atoms with Crippen LogP contribution in [0.15, 0.2) is 65.4 Å². The van der Waals surface area contributed by atoms with Crippen molar-refractivity contribution < 1.29 is 9.84 Å². The van der Waals surface area contributed by atoms with E-state index in [1.165, 1.54) is 5.57 Å². The third kappa shape index (κ3) is 5.15. The number of hydrogen-bond donors (Lipinski definition) is 1. The van der Waals surface area contributed by atoms with Crippen LogP contribution in [-0.2, 0) is 6.42 Å². The van der Waals surface area contributed by atoms with Crippen LogP contribution >= 0.6 is 0 Å². The van der Waals surface area contributed by atoms with E-state index < -0.39 is 0 Å². The Hall–Kier alpha value is -3.07. The van der Waals surface area contributed by atoms with Crippen LogP contribution in [0.1, 0.15) is 81.9 Å². The Kier molecular flexibility index (Phi) is 7.95. The van der Waals surface area contributed by atoms with E-state index in [0.717, 1.165) is 89.8 Å². The van der Waals surface area contributed by atoms with Crippen LogP contribution in [0.2, 0.25) is 0 Å². The third-order valence-electron chi connectivity index (χ3n) is 7.37. The van der Waals surface area contributed by atoms with E-state index in [0.29, 0.717) is 5.75 Å². The molecule has 0 spiro atoms. The lowest BCUT2D eigenvalue weighted by atomic mass is 9.73. The zero-order chi connectivity index (χ0) is 24.9. The highest BCUT2D eigenvalue weighted by Gasteiger charge is 2.38. The van der Waals surface area contributed by atoms with Crippen LogP contribution in [-0.4, -0.2) is 18.4 Å². The number of ether oxygens (including phenoxy) is 1. The summed E-state index contributed by atoms with van der Waals surface area (Å²) in [5.41, 5.74) is 7.69. The molecule has 2 aromatic rings. The fourth-order valence-electron chi connectivity index (χ4n) is 5.57. The summed E-state index contributed by atoms with van der Waals surface area (Å²) in [7, 11) is 1.80. The summed E-state index contributed by atoms with van der Waals surface area (Å²) >= 11 is 0. The van der Waals surface area contributed by atoms with Gasteiger partial charge in [-0.05, 0) is 67.4 Å². The predicted molar refractivity (Wildman–Crippen MR) is 148 cm³/mol. The van der Waals surface area contributed by atoms with Gasteiger partial charge >= 0.3 is 0 Å². The summed E-state index contributed by atoms with van der Waals surface area (Å²) in [6.07, 6.45) is 13.8. The van der Waals surface area contributed by atoms with Crippen molar-refractivity contribution in [1.29, 1.82) is 0 Å². The number of aliphatic imine (C=N–C) groups is 1. The number of aryl methyl sites for hydroxylation is 1. The Morgan fingerprint density at radius 2 is 1.97 bits per heavy atom. The second kappa shape index (κ2) is 11.1. The molecule has 2 aromatic carbocycles. The molecule has 0 saturated carbocycles. The Labute approximate surface area is 211 Å². The Balaban J connectivity index is 1.84. The van der Waals surface area contributed by atoms with Gasteiger partial charge in [0.2, 0.25) is 0 Å². The van der Waals surface area contributed by atoms with Gasteiger partial charge in [0, 0.05) is 36.2 Å². The molecule has 0 fully saturated rings. The quantitative estimate of drug-likeness (QED) is 0.239. The first kappa shape index (κ1) is 25.0. The summed E-state index contributed by atoms with van der Waals surface area (Å²) in [6, 6.07) is 10.7. The number of hydrogen-bond acceptors (Lipinski definition) is 3. The molecule has 4 rings (SSSR count). The van der Waals surface area contributed by atoms with E-state index in [2.05, 4.69) is 74.8 Å². The Morgan fingerprint density at radius 1 is 1.20 bits per heavy atom. The van der Waals surface area contributed by atoms with Crippen LogP contribution in [0.3, 0.4) is 0 Å². The highest BCUT2D eigenvalue weighted by atomic mass is 16.5. The number of rotatable bonds is 8. The fraction of sp³-hybridized carbons (Fsp3) is 0.406. The number of allylic oxidation sites excluding steroid dienone is 5. The molecule has 1 heterocycles. The van der Waals surface area contributed by atoms with E-state index in [4.69, 9.17) is 4.74 Å². The van der Waals surface area contributed by atoms with Gasteiger partial charge in [0.05, 0.1) is 0 Å². The lowest BCUT2D eigenvalue weighted by Gasteiger charge is -2.37. The molecule has 0 saturated heterocycles. The van der Waals surface area contributed by atoms with Gasteiger partial charge in [-0.3, -0.25) is 4.99 Å². The minimum Gasteiger partial charge on any atom is -0.507 e. The van der Waals surface area contributed by atoms with E-state index in [1.807, 2.05) is 6.21 Å². The highest BCUT2D eigenvalue weighted by Crippen LogP contribution is 2.54. The third-order valence-corrected chi connectivity index (χ3v) is 7.37. The lowest BCUT2D eigenvalue weighted by molar-refractivity contribution is 0.275. The number of unbranched alkanes of at least 4 members (excludes halogenated alkanes) is 2. The molecule has 35 heavy (non-hydrogen) atoms. The molecule has 3 nitrogen and oxygen atoms in total. The highest BCUT2D eigenvalue weighted by molar-refractivity contribution is 6.09. The van der Waals surface area contributed by atoms with Gasteiger partial charge in [0.15, 0.2) is 0 Å². The molecule has 0 bridgehead atoms. The maximum absolute atomic E-state index is 11.8. The molecule has 2 atom stereocenters. The van der Waals surface area contributed by atoms with Gasteiger partial charge in [-0.15, -0.1) is 0 Å². The molecular weight excluding hydrogens is 430 g/mol. The van der Waals surface area contributed by atoms with E-state index >= 15 is 0 Å². The zero-order valence-corrected chi connectivity index (χ0v) is 21.7. The maximum atomic E-state index is 11.8. The normalized spacial score (nSPS) is 19.8. The van der Waals surface area contributed by atoms with Gasteiger partial charge in [-0.2, -0.15) is 0 Å². The van der Waals surface area contributed by atoms with Crippen molar-refractivity contribution in [3.8, 4) is 22.6 Å². The van der Waals surface area contributed by atoms with Gasteiger partial charge in [0.1, 0.15) is 17.3 Å². The summed E-state index contributed by atoms with van der Waals surface area (Å²) in [4.78, 5) is 4.22. The molecular formula is C32H39NO2. The first-order valence-corrected chi connectivity index (χ1v) is 13.1. The van der Waals surface area contributed by atoms with Crippen molar-refractivity contribution in [2.24, 2.45) is 10.9 Å².